The molecule has 0 spiro atoms. The van der Waals surface area contributed by atoms with Crippen molar-refractivity contribution in [2.24, 2.45) is 17.6 Å². The van der Waals surface area contributed by atoms with E-state index in [-0.39, 0.29) is 36.2 Å². The third-order valence-electron chi connectivity index (χ3n) is 4.83. The maximum Gasteiger partial charge on any atom is 0.222 e. The maximum atomic E-state index is 12.4. The average Bonchev–Trinajstić information content (AvgIpc) is 2.46. The Balaban J connectivity index is 0.00000220. The fraction of sp³-hybridized carbons (Fsp3) is 0.867. The number of rotatable bonds is 4. The van der Waals surface area contributed by atoms with Gasteiger partial charge in [-0.2, -0.15) is 0 Å². The van der Waals surface area contributed by atoms with Gasteiger partial charge in [0.25, 0.3) is 0 Å². The Kier molecular flexibility index (Phi) is 7.46. The van der Waals surface area contributed by atoms with Crippen molar-refractivity contribution < 1.29 is 9.59 Å². The Hall–Kier alpha value is -0.810. The van der Waals surface area contributed by atoms with E-state index in [1.165, 1.54) is 12.8 Å². The zero-order valence-electron chi connectivity index (χ0n) is 12.8. The van der Waals surface area contributed by atoms with Gasteiger partial charge in [0, 0.05) is 19.0 Å². The molecule has 0 saturated carbocycles. The van der Waals surface area contributed by atoms with Crippen LogP contribution in [0.2, 0.25) is 0 Å². The number of likely N-dealkylation sites (tertiary alicyclic amines) is 1. The molecular formula is C15H28ClN3O2. The topological polar surface area (TPSA) is 75.4 Å². The SMILES string of the molecule is CC1CCC(C(N)=O)CN1C(=O)CCC1CCNCC1.Cl. The Morgan fingerprint density at radius 2 is 1.86 bits per heavy atom. The molecule has 5 nitrogen and oxygen atoms in total. The lowest BCUT2D eigenvalue weighted by molar-refractivity contribution is -0.137. The van der Waals surface area contributed by atoms with Crippen molar-refractivity contribution in [3.05, 3.63) is 0 Å². The number of nitrogens with zero attached hydrogens (tertiary/aromatic N) is 1. The van der Waals surface area contributed by atoms with Crippen LogP contribution in [0.15, 0.2) is 0 Å². The molecule has 2 heterocycles. The van der Waals surface area contributed by atoms with Crippen molar-refractivity contribution in [3.8, 4) is 0 Å². The quantitative estimate of drug-likeness (QED) is 0.820. The minimum absolute atomic E-state index is 0. The minimum atomic E-state index is -0.270. The Morgan fingerprint density at radius 1 is 1.19 bits per heavy atom. The van der Waals surface area contributed by atoms with Crippen LogP contribution in [0, 0.1) is 11.8 Å². The third kappa shape index (κ3) is 5.15. The summed E-state index contributed by atoms with van der Waals surface area (Å²) in [6.45, 7) is 4.73. The van der Waals surface area contributed by atoms with Gasteiger partial charge in [0.05, 0.1) is 5.92 Å². The first-order valence-electron chi connectivity index (χ1n) is 7.87. The molecule has 2 unspecified atom stereocenters. The summed E-state index contributed by atoms with van der Waals surface area (Å²) in [5, 5.41) is 3.34. The lowest BCUT2D eigenvalue weighted by Crippen LogP contribution is -2.48. The summed E-state index contributed by atoms with van der Waals surface area (Å²) in [5.74, 6) is 0.441. The van der Waals surface area contributed by atoms with E-state index in [9.17, 15) is 9.59 Å². The Labute approximate surface area is 133 Å². The summed E-state index contributed by atoms with van der Waals surface area (Å²) in [6, 6.07) is 0.242. The first kappa shape index (κ1) is 18.2. The van der Waals surface area contributed by atoms with Crippen LogP contribution >= 0.6 is 12.4 Å². The van der Waals surface area contributed by atoms with Crippen LogP contribution in [0.3, 0.4) is 0 Å². The summed E-state index contributed by atoms with van der Waals surface area (Å²) in [4.78, 5) is 25.6. The second kappa shape index (κ2) is 8.59. The summed E-state index contributed by atoms with van der Waals surface area (Å²) in [5.41, 5.74) is 5.38. The molecule has 0 aromatic carbocycles. The van der Waals surface area contributed by atoms with Crippen LogP contribution in [-0.2, 0) is 9.59 Å². The van der Waals surface area contributed by atoms with Gasteiger partial charge in [-0.3, -0.25) is 9.59 Å². The average molecular weight is 318 g/mol. The zero-order valence-corrected chi connectivity index (χ0v) is 13.7. The van der Waals surface area contributed by atoms with Gasteiger partial charge in [0.2, 0.25) is 11.8 Å². The lowest BCUT2D eigenvalue weighted by atomic mass is 9.90. The number of carbonyl (C=O) groups is 2. The number of amides is 2. The predicted octanol–water partition coefficient (Wildman–Crippen LogP) is 1.30. The van der Waals surface area contributed by atoms with Gasteiger partial charge in [0.15, 0.2) is 0 Å². The molecule has 122 valence electrons. The van der Waals surface area contributed by atoms with Crippen LogP contribution in [0.1, 0.15) is 45.4 Å². The van der Waals surface area contributed by atoms with E-state index in [2.05, 4.69) is 12.2 Å². The first-order chi connectivity index (χ1) is 9.58. The highest BCUT2D eigenvalue weighted by molar-refractivity contribution is 5.85. The van der Waals surface area contributed by atoms with E-state index in [1.54, 1.807) is 0 Å². The van der Waals surface area contributed by atoms with Crippen LogP contribution < -0.4 is 11.1 Å². The van der Waals surface area contributed by atoms with Crippen molar-refractivity contribution >= 4 is 24.2 Å². The number of nitrogens with two attached hydrogens (primary N) is 1. The summed E-state index contributed by atoms with van der Waals surface area (Å²) in [6.07, 6.45) is 5.63. The largest absolute Gasteiger partial charge is 0.369 e. The van der Waals surface area contributed by atoms with E-state index < -0.39 is 0 Å². The number of hydrogen-bond acceptors (Lipinski definition) is 3. The van der Waals surface area contributed by atoms with Gasteiger partial charge in [-0.05, 0) is 58.0 Å². The molecule has 0 radical (unpaired) electrons. The number of halogens is 1. The minimum Gasteiger partial charge on any atom is -0.369 e. The highest BCUT2D eigenvalue weighted by Gasteiger charge is 2.31. The van der Waals surface area contributed by atoms with Gasteiger partial charge >= 0.3 is 0 Å². The molecule has 2 amide bonds. The van der Waals surface area contributed by atoms with Gasteiger partial charge in [-0.25, -0.2) is 0 Å². The second-order valence-corrected chi connectivity index (χ2v) is 6.30. The number of piperidine rings is 2. The van der Waals surface area contributed by atoms with Crippen molar-refractivity contribution in [2.75, 3.05) is 19.6 Å². The highest BCUT2D eigenvalue weighted by atomic mass is 35.5. The fourth-order valence-electron chi connectivity index (χ4n) is 3.33. The van der Waals surface area contributed by atoms with Crippen LogP contribution in [-0.4, -0.2) is 42.4 Å². The molecule has 6 heteroatoms. The molecule has 0 aromatic heterocycles. The molecule has 2 saturated heterocycles. The third-order valence-corrected chi connectivity index (χ3v) is 4.83. The van der Waals surface area contributed by atoms with E-state index in [0.29, 0.717) is 18.9 Å². The fourth-order valence-corrected chi connectivity index (χ4v) is 3.33. The first-order valence-corrected chi connectivity index (χ1v) is 7.87. The molecular weight excluding hydrogens is 290 g/mol. The van der Waals surface area contributed by atoms with E-state index in [0.717, 1.165) is 32.4 Å². The molecule has 2 aliphatic heterocycles. The van der Waals surface area contributed by atoms with Gasteiger partial charge < -0.3 is 16.0 Å². The molecule has 2 atom stereocenters. The van der Waals surface area contributed by atoms with Crippen LogP contribution in [0.5, 0.6) is 0 Å². The van der Waals surface area contributed by atoms with Crippen molar-refractivity contribution in [2.45, 2.75) is 51.5 Å². The Bertz CT molecular complexity index is 359. The van der Waals surface area contributed by atoms with E-state index in [1.807, 2.05) is 4.90 Å². The molecule has 2 aliphatic rings. The zero-order chi connectivity index (χ0) is 14.5. The molecule has 2 rings (SSSR count). The monoisotopic (exact) mass is 317 g/mol. The number of carbonyl (C=O) groups excluding carboxylic acids is 2. The number of primary amides is 1. The normalized spacial score (nSPS) is 27.0. The summed E-state index contributed by atoms with van der Waals surface area (Å²) >= 11 is 0. The maximum absolute atomic E-state index is 12.4. The Morgan fingerprint density at radius 3 is 2.48 bits per heavy atom. The summed E-state index contributed by atoms with van der Waals surface area (Å²) in [7, 11) is 0. The van der Waals surface area contributed by atoms with Gasteiger partial charge in [0.1, 0.15) is 0 Å². The van der Waals surface area contributed by atoms with Crippen LogP contribution in [0.4, 0.5) is 0 Å². The van der Waals surface area contributed by atoms with E-state index >= 15 is 0 Å². The standard InChI is InChI=1S/C15H27N3O2.ClH/c1-11-2-4-13(15(16)20)10-18(11)14(19)5-3-12-6-8-17-9-7-12;/h11-13,17H,2-10H2,1H3,(H2,16,20);1H. The molecule has 0 aromatic rings. The molecule has 2 fully saturated rings. The van der Waals surface area contributed by atoms with Crippen molar-refractivity contribution in [1.82, 2.24) is 10.2 Å². The smallest absolute Gasteiger partial charge is 0.222 e. The van der Waals surface area contributed by atoms with Gasteiger partial charge in [-0.1, -0.05) is 0 Å². The lowest BCUT2D eigenvalue weighted by Gasteiger charge is -2.37. The van der Waals surface area contributed by atoms with Crippen molar-refractivity contribution in [1.29, 1.82) is 0 Å². The molecule has 0 aliphatic carbocycles. The molecule has 0 bridgehead atoms. The summed E-state index contributed by atoms with van der Waals surface area (Å²) < 4.78 is 0. The molecule has 21 heavy (non-hydrogen) atoms. The highest BCUT2D eigenvalue weighted by Crippen LogP contribution is 2.24. The second-order valence-electron chi connectivity index (χ2n) is 6.30. The molecule has 3 N–H and O–H groups in total. The predicted molar refractivity (Wildman–Crippen MR) is 85.2 cm³/mol. The van der Waals surface area contributed by atoms with Crippen LogP contribution in [0.25, 0.3) is 0 Å². The van der Waals surface area contributed by atoms with Crippen molar-refractivity contribution in [3.63, 3.8) is 0 Å². The number of nitrogens with one attached hydrogen (secondary N) is 1. The van der Waals surface area contributed by atoms with E-state index in [4.69, 9.17) is 5.73 Å². The van der Waals surface area contributed by atoms with Gasteiger partial charge in [-0.15, -0.1) is 12.4 Å². The number of hydrogen-bond donors (Lipinski definition) is 2.